The van der Waals surface area contributed by atoms with Gasteiger partial charge in [-0.1, -0.05) is 18.2 Å². The highest BCUT2D eigenvalue weighted by Crippen LogP contribution is 2.31. The Bertz CT molecular complexity index is 544. The van der Waals surface area contributed by atoms with Gasteiger partial charge in [-0.25, -0.2) is 0 Å². The molecular formula is C15H20N4O2. The fourth-order valence-electron chi connectivity index (χ4n) is 2.55. The first-order valence-corrected chi connectivity index (χ1v) is 7.36. The van der Waals surface area contributed by atoms with Crippen molar-refractivity contribution in [1.82, 2.24) is 16.0 Å². The lowest BCUT2D eigenvalue weighted by atomic mass is 10.0. The number of nitrogens with one attached hydrogen (secondary N) is 3. The minimum Gasteiger partial charge on any atom is -0.493 e. The standard InChI is InChI=1S/C15H20N4O2/c20-14(10-18-15-16-7-3-8-17-15)19-12-6-9-21-13-5-2-1-4-11(12)13/h1-2,4-5,12H,3,6-10H2,(H,19,20)(H2,16,17,18). The van der Waals surface area contributed by atoms with Crippen LogP contribution >= 0.6 is 0 Å². The number of benzene rings is 1. The van der Waals surface area contributed by atoms with Gasteiger partial charge in [-0.15, -0.1) is 0 Å². The van der Waals surface area contributed by atoms with E-state index in [1.165, 1.54) is 0 Å². The predicted molar refractivity (Wildman–Crippen MR) is 80.4 cm³/mol. The van der Waals surface area contributed by atoms with E-state index < -0.39 is 0 Å². The molecule has 0 bridgehead atoms. The Hall–Kier alpha value is -2.24. The predicted octanol–water partition coefficient (Wildman–Crippen LogP) is 0.565. The van der Waals surface area contributed by atoms with Gasteiger partial charge in [-0.05, 0) is 12.5 Å². The molecule has 1 aromatic rings. The summed E-state index contributed by atoms with van der Waals surface area (Å²) in [6.07, 6.45) is 1.83. The third-order valence-corrected chi connectivity index (χ3v) is 3.61. The van der Waals surface area contributed by atoms with Gasteiger partial charge in [0.25, 0.3) is 0 Å². The summed E-state index contributed by atoms with van der Waals surface area (Å²) in [5.41, 5.74) is 1.05. The monoisotopic (exact) mass is 288 g/mol. The maximum Gasteiger partial charge on any atom is 0.239 e. The van der Waals surface area contributed by atoms with E-state index in [0.29, 0.717) is 12.6 Å². The molecule has 0 aromatic heterocycles. The van der Waals surface area contributed by atoms with Gasteiger partial charge in [0.15, 0.2) is 5.96 Å². The summed E-state index contributed by atoms with van der Waals surface area (Å²) in [6, 6.07) is 7.86. The molecule has 0 spiro atoms. The van der Waals surface area contributed by atoms with Crippen LogP contribution in [-0.2, 0) is 4.79 Å². The van der Waals surface area contributed by atoms with E-state index in [0.717, 1.165) is 37.2 Å². The minimum absolute atomic E-state index is 0.0190. The van der Waals surface area contributed by atoms with Crippen molar-refractivity contribution in [2.75, 3.05) is 26.2 Å². The van der Waals surface area contributed by atoms with Crippen molar-refractivity contribution in [3.63, 3.8) is 0 Å². The number of ether oxygens (including phenoxy) is 1. The molecule has 112 valence electrons. The minimum atomic E-state index is -0.0354. The quantitative estimate of drug-likeness (QED) is 0.760. The van der Waals surface area contributed by atoms with Gasteiger partial charge in [0, 0.05) is 25.1 Å². The highest BCUT2D eigenvalue weighted by atomic mass is 16.5. The molecule has 1 unspecified atom stereocenters. The highest BCUT2D eigenvalue weighted by Gasteiger charge is 2.22. The fraction of sp³-hybridized carbons (Fsp3) is 0.467. The van der Waals surface area contributed by atoms with Gasteiger partial charge in [-0.3, -0.25) is 9.79 Å². The van der Waals surface area contributed by atoms with Crippen molar-refractivity contribution in [2.45, 2.75) is 18.9 Å². The Kier molecular flexibility index (Phi) is 4.23. The van der Waals surface area contributed by atoms with Gasteiger partial charge in [0.1, 0.15) is 5.75 Å². The van der Waals surface area contributed by atoms with Crippen molar-refractivity contribution in [3.05, 3.63) is 29.8 Å². The Labute approximate surface area is 124 Å². The molecule has 0 aliphatic carbocycles. The van der Waals surface area contributed by atoms with Crippen molar-refractivity contribution >= 4 is 11.9 Å². The number of hydrogen-bond donors (Lipinski definition) is 3. The van der Waals surface area contributed by atoms with Crippen LogP contribution in [0.4, 0.5) is 0 Å². The number of amides is 1. The van der Waals surface area contributed by atoms with Crippen molar-refractivity contribution < 1.29 is 9.53 Å². The van der Waals surface area contributed by atoms with Gasteiger partial charge in [0.05, 0.1) is 19.2 Å². The average molecular weight is 288 g/mol. The molecule has 6 heteroatoms. The van der Waals surface area contributed by atoms with Gasteiger partial charge < -0.3 is 20.7 Å². The highest BCUT2D eigenvalue weighted by molar-refractivity contribution is 5.86. The summed E-state index contributed by atoms with van der Waals surface area (Å²) in [7, 11) is 0. The summed E-state index contributed by atoms with van der Waals surface area (Å²) in [5.74, 6) is 1.54. The SMILES string of the molecule is O=C(CNC1=NCCCN1)NC1CCOc2ccccc21. The summed E-state index contributed by atoms with van der Waals surface area (Å²) in [6.45, 7) is 2.57. The van der Waals surface area contributed by atoms with Crippen LogP contribution in [0, 0.1) is 0 Å². The zero-order valence-corrected chi connectivity index (χ0v) is 11.9. The van der Waals surface area contributed by atoms with E-state index in [4.69, 9.17) is 4.74 Å². The smallest absolute Gasteiger partial charge is 0.239 e. The molecule has 2 aliphatic heterocycles. The second-order valence-corrected chi connectivity index (χ2v) is 5.16. The first kappa shape index (κ1) is 13.7. The largest absolute Gasteiger partial charge is 0.493 e. The van der Waals surface area contributed by atoms with E-state index in [2.05, 4.69) is 20.9 Å². The van der Waals surface area contributed by atoms with Crippen LogP contribution in [0.15, 0.2) is 29.3 Å². The molecule has 2 heterocycles. The third kappa shape index (κ3) is 3.45. The number of hydrogen-bond acceptors (Lipinski definition) is 5. The normalized spacial score (nSPS) is 20.4. The molecule has 0 fully saturated rings. The summed E-state index contributed by atoms with van der Waals surface area (Å²) in [4.78, 5) is 16.3. The Morgan fingerprint density at radius 1 is 1.43 bits per heavy atom. The van der Waals surface area contributed by atoms with Crippen molar-refractivity contribution in [2.24, 2.45) is 4.99 Å². The van der Waals surface area contributed by atoms with Gasteiger partial charge in [-0.2, -0.15) is 0 Å². The summed E-state index contributed by atoms with van der Waals surface area (Å²) < 4.78 is 5.59. The molecule has 3 rings (SSSR count). The van der Waals surface area contributed by atoms with Gasteiger partial charge >= 0.3 is 0 Å². The fourth-order valence-corrected chi connectivity index (χ4v) is 2.55. The Morgan fingerprint density at radius 3 is 3.19 bits per heavy atom. The Morgan fingerprint density at radius 2 is 2.33 bits per heavy atom. The third-order valence-electron chi connectivity index (χ3n) is 3.61. The molecule has 6 nitrogen and oxygen atoms in total. The van der Waals surface area contributed by atoms with Crippen LogP contribution in [-0.4, -0.2) is 38.1 Å². The van der Waals surface area contributed by atoms with Crippen molar-refractivity contribution in [1.29, 1.82) is 0 Å². The van der Waals surface area contributed by atoms with Crippen LogP contribution in [0.1, 0.15) is 24.4 Å². The lowest BCUT2D eigenvalue weighted by molar-refractivity contribution is -0.120. The number of carbonyl (C=O) groups excluding carboxylic acids is 1. The number of aliphatic imine (C=N–C) groups is 1. The first-order valence-electron chi connectivity index (χ1n) is 7.36. The summed E-state index contributed by atoms with van der Waals surface area (Å²) >= 11 is 0. The molecule has 2 aliphatic rings. The number of carbonyl (C=O) groups is 1. The molecule has 3 N–H and O–H groups in total. The number of fused-ring (bicyclic) bond motifs is 1. The van der Waals surface area contributed by atoms with Crippen LogP contribution < -0.4 is 20.7 Å². The number of guanidine groups is 1. The van der Waals surface area contributed by atoms with Crippen LogP contribution in [0.3, 0.4) is 0 Å². The number of rotatable bonds is 3. The van der Waals surface area contributed by atoms with E-state index in [1.807, 2.05) is 24.3 Å². The molecule has 1 atom stereocenters. The van der Waals surface area contributed by atoms with E-state index in [9.17, 15) is 4.79 Å². The van der Waals surface area contributed by atoms with Crippen molar-refractivity contribution in [3.8, 4) is 5.75 Å². The topological polar surface area (TPSA) is 74.8 Å². The second-order valence-electron chi connectivity index (χ2n) is 5.16. The number of nitrogens with zero attached hydrogens (tertiary/aromatic N) is 1. The van der Waals surface area contributed by atoms with Gasteiger partial charge in [0.2, 0.25) is 5.91 Å². The lowest BCUT2D eigenvalue weighted by Gasteiger charge is -2.26. The molecule has 0 radical (unpaired) electrons. The number of para-hydroxylation sites is 1. The molecule has 1 aromatic carbocycles. The maximum absolute atomic E-state index is 12.1. The van der Waals surface area contributed by atoms with Crippen LogP contribution in [0.5, 0.6) is 5.75 Å². The lowest BCUT2D eigenvalue weighted by Crippen LogP contribution is -2.46. The first-order chi connectivity index (χ1) is 10.3. The Balaban J connectivity index is 1.54. The zero-order valence-electron chi connectivity index (χ0n) is 11.9. The molecular weight excluding hydrogens is 268 g/mol. The summed E-state index contributed by atoms with van der Waals surface area (Å²) in [5, 5.41) is 9.21. The van der Waals surface area contributed by atoms with E-state index in [1.54, 1.807) is 0 Å². The van der Waals surface area contributed by atoms with Crippen LogP contribution in [0.25, 0.3) is 0 Å². The van der Waals surface area contributed by atoms with Crippen LogP contribution in [0.2, 0.25) is 0 Å². The van der Waals surface area contributed by atoms with E-state index in [-0.39, 0.29) is 18.5 Å². The zero-order chi connectivity index (χ0) is 14.5. The molecule has 0 saturated heterocycles. The molecule has 0 saturated carbocycles. The maximum atomic E-state index is 12.1. The average Bonchev–Trinajstić information content (AvgIpc) is 2.54. The molecule has 21 heavy (non-hydrogen) atoms. The second kappa shape index (κ2) is 6.47. The van der Waals surface area contributed by atoms with E-state index >= 15 is 0 Å². The molecule has 1 amide bonds.